The van der Waals surface area contributed by atoms with Gasteiger partial charge in [-0.1, -0.05) is 182 Å². The van der Waals surface area contributed by atoms with Gasteiger partial charge in [0.15, 0.2) is 0 Å². The first-order valence-corrected chi connectivity index (χ1v) is 22.8. The van der Waals surface area contributed by atoms with Crippen LogP contribution in [0, 0.1) is 0 Å². The van der Waals surface area contributed by atoms with Crippen LogP contribution in [-0.4, -0.2) is 0 Å². The van der Waals surface area contributed by atoms with Gasteiger partial charge in [0.2, 0.25) is 0 Å². The normalized spacial score (nSPS) is 15.4. The number of furan rings is 1. The van der Waals surface area contributed by atoms with Gasteiger partial charge >= 0.3 is 0 Å². The largest absolute Gasteiger partial charge is 0.456 e. The lowest BCUT2D eigenvalue weighted by molar-refractivity contribution is 0.648. The van der Waals surface area contributed by atoms with Gasteiger partial charge in [-0.25, -0.2) is 0 Å². The van der Waals surface area contributed by atoms with Crippen LogP contribution in [0.2, 0.25) is 0 Å². The Morgan fingerprint density at radius 3 is 1.46 bits per heavy atom. The highest BCUT2D eigenvalue weighted by atomic mass is 16.3. The second-order valence-electron chi connectivity index (χ2n) is 17.1. The lowest BCUT2D eigenvalue weighted by Gasteiger charge is -2.34. The lowest BCUT2D eigenvalue weighted by atomic mass is 9.67. The molecule has 0 aliphatic heterocycles. The monoisotopic (exact) mass is 875 g/mol. The molecule has 3 nitrogen and oxygen atoms in total. The van der Waals surface area contributed by atoms with Gasteiger partial charge in [0, 0.05) is 50.5 Å². The predicted molar refractivity (Wildman–Crippen MR) is 283 cm³/mol. The van der Waals surface area contributed by atoms with Crippen molar-refractivity contribution in [2.24, 2.45) is 0 Å². The molecule has 1 atom stereocenters. The van der Waals surface area contributed by atoms with E-state index in [1.165, 1.54) is 0 Å². The van der Waals surface area contributed by atoms with Gasteiger partial charge in [0.25, 0.3) is 0 Å². The van der Waals surface area contributed by atoms with Crippen molar-refractivity contribution in [2.75, 3.05) is 9.80 Å². The van der Waals surface area contributed by atoms with E-state index in [0.29, 0.717) is 27.9 Å². The minimum atomic E-state index is -1.57. The Morgan fingerprint density at radius 2 is 0.853 bits per heavy atom. The molecule has 1 aliphatic rings. The molecular formula is C65H44N2O. The van der Waals surface area contributed by atoms with Crippen LogP contribution in [0.25, 0.3) is 55.0 Å². The summed E-state index contributed by atoms with van der Waals surface area (Å²) < 4.78 is 73.0. The first-order chi connectivity index (χ1) is 36.6. The summed E-state index contributed by atoms with van der Waals surface area (Å²) in [5, 5.41) is 1.42. The summed E-state index contributed by atoms with van der Waals surface area (Å²) >= 11 is 0. The quantitative estimate of drug-likeness (QED) is 0.144. The van der Waals surface area contributed by atoms with Crippen LogP contribution < -0.4 is 9.80 Å². The maximum Gasteiger partial charge on any atom is 0.140 e. The van der Waals surface area contributed by atoms with E-state index < -0.39 is 35.6 Å². The molecule has 11 aromatic carbocycles. The predicted octanol–water partition coefficient (Wildman–Crippen LogP) is 17.7. The highest BCUT2D eigenvalue weighted by molar-refractivity contribution is 6.07. The average Bonchev–Trinajstić information content (AvgIpc) is 4.23. The van der Waals surface area contributed by atoms with E-state index in [-0.39, 0.29) is 28.4 Å². The second-order valence-corrected chi connectivity index (χ2v) is 17.1. The number of anilines is 6. The van der Waals surface area contributed by atoms with Crippen molar-refractivity contribution in [3.05, 3.63) is 289 Å². The Hall–Kier alpha value is -8.92. The van der Waals surface area contributed by atoms with Gasteiger partial charge in [-0.05, 0) is 135 Å². The number of hydrogen-bond donors (Lipinski definition) is 0. The third-order valence-corrected chi connectivity index (χ3v) is 13.3. The lowest BCUT2D eigenvalue weighted by Crippen LogP contribution is -2.29. The molecule has 68 heavy (non-hydrogen) atoms. The van der Waals surface area contributed by atoms with Crippen LogP contribution in [0.1, 0.15) is 31.8 Å². The van der Waals surface area contributed by atoms with Crippen molar-refractivity contribution in [3.8, 4) is 22.3 Å². The summed E-state index contributed by atoms with van der Waals surface area (Å²) in [4.78, 5) is 4.42. The third kappa shape index (κ3) is 6.35. The molecule has 12 aromatic rings. The van der Waals surface area contributed by atoms with Crippen molar-refractivity contribution >= 4 is 66.8 Å². The molecule has 1 heterocycles. The Kier molecular flexibility index (Phi) is 7.79. The van der Waals surface area contributed by atoms with E-state index in [9.17, 15) is 5.48 Å². The number of nitrogens with zero attached hydrogens (tertiary/aromatic N) is 2. The van der Waals surface area contributed by atoms with Crippen molar-refractivity contribution in [3.63, 3.8) is 0 Å². The molecule has 0 spiro atoms. The number of hydrogen-bond acceptors (Lipinski definition) is 3. The maximum absolute atomic E-state index is 10.4. The summed E-state index contributed by atoms with van der Waals surface area (Å²) in [5.74, 6) is 0. The van der Waals surface area contributed by atoms with Crippen LogP contribution >= 0.6 is 0 Å². The zero-order valence-electron chi connectivity index (χ0n) is 43.7. The molecule has 0 bridgehead atoms. The Bertz CT molecular complexity index is 4170. The fourth-order valence-electron chi connectivity index (χ4n) is 10.4. The number of para-hydroxylation sites is 5. The van der Waals surface area contributed by atoms with E-state index in [1.54, 1.807) is 0 Å². The molecule has 0 N–H and O–H groups in total. The van der Waals surface area contributed by atoms with Crippen LogP contribution in [-0.2, 0) is 5.41 Å². The van der Waals surface area contributed by atoms with E-state index in [0.717, 1.165) is 67.2 Å². The van der Waals surface area contributed by atoms with E-state index in [1.807, 2.05) is 115 Å². The summed E-state index contributed by atoms with van der Waals surface area (Å²) in [7, 11) is 0. The minimum absolute atomic E-state index is 0.109. The summed E-state index contributed by atoms with van der Waals surface area (Å²) in [6, 6.07) is 72.9. The Balaban J connectivity index is 1.17. The van der Waals surface area contributed by atoms with Crippen molar-refractivity contribution < 1.29 is 14.0 Å². The van der Waals surface area contributed by atoms with Crippen molar-refractivity contribution in [1.82, 2.24) is 0 Å². The molecular weight excluding hydrogens is 825 g/mol. The molecule has 0 saturated heterocycles. The molecule has 13 rings (SSSR count). The molecule has 1 aromatic heterocycles. The third-order valence-electron chi connectivity index (χ3n) is 13.3. The van der Waals surface area contributed by atoms with Crippen LogP contribution in [0.5, 0.6) is 0 Å². The van der Waals surface area contributed by atoms with Gasteiger partial charge in [0.1, 0.15) is 11.2 Å². The zero-order chi connectivity index (χ0) is 51.1. The van der Waals surface area contributed by atoms with Gasteiger partial charge < -0.3 is 14.2 Å². The standard InChI is InChI=1S/C65H44N2O/c1-5-18-45(19-6-1)47-33-36-53(37-34-47)67(52-26-11-4-12-27-52)55-39-41-61-59(44-55)58-43-54(66(50-22-7-2-8-23-50)51-24-9-3-10-25-51)38-40-60(58)65(61,49-35-32-46-20-13-14-21-48(46)42-49)62-30-17-29-57-56-28-15-16-31-63(56)68-64(57)62/h1-44H/i13D,14D,20D,21D,32D,35D,42D. The van der Waals surface area contributed by atoms with Gasteiger partial charge in [-0.2, -0.15) is 0 Å². The second kappa shape index (κ2) is 16.2. The SMILES string of the molecule is [2H]c1c([2H])c([2H])c2c([2H])c(C3(c4cccc5c4oc4ccccc45)c4ccc(N(c5ccccc5)c5ccccc5)cc4-c4cc(N(c5ccccc5)c5ccc(-c6ccccc6)cc5)ccc43)c([2H])c([2H])c2c1[2H]. The van der Waals surface area contributed by atoms with Crippen LogP contribution in [0.4, 0.5) is 34.1 Å². The van der Waals surface area contributed by atoms with Crippen molar-refractivity contribution in [1.29, 1.82) is 0 Å². The highest BCUT2D eigenvalue weighted by Crippen LogP contribution is 2.60. The van der Waals surface area contributed by atoms with E-state index in [4.69, 9.17) is 8.53 Å². The number of benzene rings is 11. The van der Waals surface area contributed by atoms with Crippen molar-refractivity contribution in [2.45, 2.75) is 5.41 Å². The maximum atomic E-state index is 10.4. The average molecular weight is 876 g/mol. The number of rotatable bonds is 9. The Morgan fingerprint density at radius 1 is 0.368 bits per heavy atom. The molecule has 0 radical (unpaired) electrons. The molecule has 3 heteroatoms. The molecule has 0 amide bonds. The molecule has 1 aliphatic carbocycles. The summed E-state index contributed by atoms with van der Waals surface area (Å²) in [6.07, 6.45) is 0. The topological polar surface area (TPSA) is 19.6 Å². The molecule has 0 fully saturated rings. The first-order valence-electron chi connectivity index (χ1n) is 26.3. The summed E-state index contributed by atoms with van der Waals surface area (Å²) in [5.41, 5.74) is 11.0. The van der Waals surface area contributed by atoms with E-state index >= 15 is 0 Å². The van der Waals surface area contributed by atoms with Crippen LogP contribution in [0.3, 0.4) is 0 Å². The van der Waals surface area contributed by atoms with Crippen LogP contribution in [0.15, 0.2) is 271 Å². The van der Waals surface area contributed by atoms with Gasteiger partial charge in [0.05, 0.1) is 15.0 Å². The summed E-state index contributed by atoms with van der Waals surface area (Å²) in [6.45, 7) is 0. The fraction of sp³-hybridized carbons (Fsp3) is 0.0154. The smallest absolute Gasteiger partial charge is 0.140 e. The van der Waals surface area contributed by atoms with Gasteiger partial charge in [-0.15, -0.1) is 0 Å². The minimum Gasteiger partial charge on any atom is -0.456 e. The van der Waals surface area contributed by atoms with Gasteiger partial charge in [-0.3, -0.25) is 0 Å². The number of fused-ring (bicyclic) bond motifs is 7. The zero-order valence-corrected chi connectivity index (χ0v) is 36.7. The fourth-order valence-corrected chi connectivity index (χ4v) is 10.4. The molecule has 1 unspecified atom stereocenters. The molecule has 0 saturated carbocycles. The molecule has 320 valence electrons. The first kappa shape index (κ1) is 32.7. The highest BCUT2D eigenvalue weighted by Gasteiger charge is 2.48. The van der Waals surface area contributed by atoms with E-state index in [2.05, 4.69) is 119 Å². The Labute approximate surface area is 405 Å².